The maximum atomic E-state index is 13.0. The van der Waals surface area contributed by atoms with Gasteiger partial charge in [0, 0.05) is 19.6 Å². The maximum absolute atomic E-state index is 13.0. The first-order valence-electron chi connectivity index (χ1n) is 9.37. The van der Waals surface area contributed by atoms with Gasteiger partial charge in [-0.2, -0.15) is 4.31 Å². The van der Waals surface area contributed by atoms with Gasteiger partial charge in [-0.15, -0.1) is 0 Å². The van der Waals surface area contributed by atoms with Crippen LogP contribution in [-0.2, 0) is 10.0 Å². The van der Waals surface area contributed by atoms with Crippen molar-refractivity contribution in [3.63, 3.8) is 0 Å². The molecule has 1 amide bonds. The van der Waals surface area contributed by atoms with Crippen molar-refractivity contribution in [1.29, 1.82) is 0 Å². The van der Waals surface area contributed by atoms with E-state index in [0.29, 0.717) is 31.3 Å². The lowest BCUT2D eigenvalue weighted by Crippen LogP contribution is -2.38. The molecule has 1 saturated heterocycles. The largest absolute Gasteiger partial charge is 0.496 e. The molecule has 0 saturated carbocycles. The average Bonchev–Trinajstić information content (AvgIpc) is 2.64. The van der Waals surface area contributed by atoms with Gasteiger partial charge in [0.25, 0.3) is 5.91 Å². The van der Waals surface area contributed by atoms with Crippen LogP contribution in [0.2, 0.25) is 0 Å². The molecule has 0 atom stereocenters. The van der Waals surface area contributed by atoms with Crippen LogP contribution in [0, 0.1) is 5.92 Å². The molecule has 1 fully saturated rings. The van der Waals surface area contributed by atoms with E-state index >= 15 is 0 Å². The van der Waals surface area contributed by atoms with E-state index < -0.39 is 10.0 Å². The molecule has 0 radical (unpaired) electrons. The molecule has 27 heavy (non-hydrogen) atoms. The second-order valence-corrected chi connectivity index (χ2v) is 9.30. The molecule has 8 heteroatoms. The van der Waals surface area contributed by atoms with Crippen LogP contribution in [0.4, 0.5) is 0 Å². The predicted molar refractivity (Wildman–Crippen MR) is 106 cm³/mol. The fourth-order valence-corrected chi connectivity index (χ4v) is 4.59. The number of rotatable bonds is 8. The first-order valence-corrected chi connectivity index (χ1v) is 10.8. The van der Waals surface area contributed by atoms with Crippen LogP contribution in [-0.4, -0.2) is 70.9 Å². The Morgan fingerprint density at radius 3 is 2.56 bits per heavy atom. The predicted octanol–water partition coefficient (Wildman–Crippen LogP) is 1.80. The highest BCUT2D eigenvalue weighted by molar-refractivity contribution is 7.89. The van der Waals surface area contributed by atoms with Gasteiger partial charge in [0.05, 0.1) is 17.6 Å². The van der Waals surface area contributed by atoms with Gasteiger partial charge < -0.3 is 15.0 Å². The van der Waals surface area contributed by atoms with E-state index in [9.17, 15) is 13.2 Å². The van der Waals surface area contributed by atoms with Crippen LogP contribution in [0.3, 0.4) is 0 Å². The second kappa shape index (κ2) is 9.52. The average molecular weight is 398 g/mol. The highest BCUT2D eigenvalue weighted by Crippen LogP contribution is 2.27. The van der Waals surface area contributed by atoms with E-state index in [1.165, 1.54) is 23.5 Å². The zero-order valence-electron chi connectivity index (χ0n) is 16.7. The van der Waals surface area contributed by atoms with Gasteiger partial charge in [-0.05, 0) is 64.0 Å². The zero-order chi connectivity index (χ0) is 20.0. The summed E-state index contributed by atoms with van der Waals surface area (Å²) in [6, 6.07) is 4.48. The molecule has 152 valence electrons. The van der Waals surface area contributed by atoms with E-state index in [0.717, 1.165) is 25.8 Å². The lowest BCUT2D eigenvalue weighted by atomic mass is 10.0. The summed E-state index contributed by atoms with van der Waals surface area (Å²) in [5, 5.41) is 2.84. The molecular formula is C19H31N3O4S. The molecule has 1 heterocycles. The van der Waals surface area contributed by atoms with Gasteiger partial charge in [-0.25, -0.2) is 8.42 Å². The van der Waals surface area contributed by atoms with E-state index in [2.05, 4.69) is 12.2 Å². The number of carbonyl (C=O) groups excluding carboxylic acids is 1. The summed E-state index contributed by atoms with van der Waals surface area (Å²) in [5.41, 5.74) is 0.244. The lowest BCUT2D eigenvalue weighted by molar-refractivity contribution is 0.0949. The molecular weight excluding hydrogens is 366 g/mol. The highest BCUT2D eigenvalue weighted by Gasteiger charge is 2.29. The van der Waals surface area contributed by atoms with Crippen molar-refractivity contribution in [2.24, 2.45) is 5.92 Å². The number of benzene rings is 1. The fourth-order valence-electron chi connectivity index (χ4n) is 3.09. The Bertz CT molecular complexity index is 741. The second-order valence-electron chi connectivity index (χ2n) is 7.36. The van der Waals surface area contributed by atoms with Crippen molar-refractivity contribution in [3.05, 3.63) is 23.8 Å². The highest BCUT2D eigenvalue weighted by atomic mass is 32.2. The lowest BCUT2D eigenvalue weighted by Gasteiger charge is -2.29. The summed E-state index contributed by atoms with van der Waals surface area (Å²) in [6.07, 6.45) is 2.52. The number of carbonyl (C=O) groups is 1. The number of piperidine rings is 1. The van der Waals surface area contributed by atoms with Crippen LogP contribution < -0.4 is 10.1 Å². The van der Waals surface area contributed by atoms with Crippen LogP contribution in [0.5, 0.6) is 5.75 Å². The van der Waals surface area contributed by atoms with Gasteiger partial charge in [0.15, 0.2) is 0 Å². The number of methoxy groups -OCH3 is 1. The van der Waals surface area contributed by atoms with Crippen molar-refractivity contribution in [2.75, 3.05) is 47.4 Å². The Morgan fingerprint density at radius 1 is 1.30 bits per heavy atom. The quantitative estimate of drug-likeness (QED) is 0.677. The number of sulfonamides is 1. The Hall–Kier alpha value is -1.64. The Balaban J connectivity index is 2.17. The van der Waals surface area contributed by atoms with Gasteiger partial charge in [-0.1, -0.05) is 6.92 Å². The van der Waals surface area contributed by atoms with Gasteiger partial charge in [0.2, 0.25) is 10.0 Å². The van der Waals surface area contributed by atoms with Gasteiger partial charge in [0.1, 0.15) is 5.75 Å². The first-order chi connectivity index (χ1) is 12.8. The molecule has 0 spiro atoms. The molecule has 2 rings (SSSR count). The number of hydrogen-bond acceptors (Lipinski definition) is 5. The first kappa shape index (κ1) is 21.7. The molecule has 0 unspecified atom stereocenters. The Kier molecular flexibility index (Phi) is 7.64. The van der Waals surface area contributed by atoms with E-state index in [1.54, 1.807) is 6.07 Å². The summed E-state index contributed by atoms with van der Waals surface area (Å²) in [6.45, 7) is 4.54. The maximum Gasteiger partial charge on any atom is 0.255 e. The molecule has 0 aromatic heterocycles. The van der Waals surface area contributed by atoms with Crippen molar-refractivity contribution in [1.82, 2.24) is 14.5 Å². The zero-order valence-corrected chi connectivity index (χ0v) is 17.5. The summed E-state index contributed by atoms with van der Waals surface area (Å²) >= 11 is 0. The van der Waals surface area contributed by atoms with Crippen LogP contribution in [0.25, 0.3) is 0 Å². The SMILES string of the molecule is COc1ccc(S(=O)(=O)N2CCC(C)CC2)cc1C(=O)NCCCN(C)C. The third kappa shape index (κ3) is 5.67. The molecule has 7 nitrogen and oxygen atoms in total. The van der Waals surface area contributed by atoms with Crippen molar-refractivity contribution < 1.29 is 17.9 Å². The Morgan fingerprint density at radius 2 is 1.96 bits per heavy atom. The third-order valence-electron chi connectivity index (χ3n) is 4.86. The molecule has 0 bridgehead atoms. The molecule has 1 aromatic rings. The molecule has 0 aliphatic carbocycles. The molecule has 1 aliphatic rings. The van der Waals surface area contributed by atoms with Crippen LogP contribution in [0.1, 0.15) is 36.5 Å². The molecule has 1 aromatic carbocycles. The number of hydrogen-bond donors (Lipinski definition) is 1. The van der Waals surface area contributed by atoms with E-state index in [-0.39, 0.29) is 16.4 Å². The van der Waals surface area contributed by atoms with Gasteiger partial charge >= 0.3 is 0 Å². The summed E-state index contributed by atoms with van der Waals surface area (Å²) < 4.78 is 32.7. The summed E-state index contributed by atoms with van der Waals surface area (Å²) in [5.74, 6) is 0.581. The number of nitrogens with one attached hydrogen (secondary N) is 1. The number of ether oxygens (including phenoxy) is 1. The fraction of sp³-hybridized carbons (Fsp3) is 0.632. The van der Waals surface area contributed by atoms with Crippen LogP contribution in [0.15, 0.2) is 23.1 Å². The van der Waals surface area contributed by atoms with Crippen LogP contribution >= 0.6 is 0 Å². The van der Waals surface area contributed by atoms with Crippen molar-refractivity contribution in [2.45, 2.75) is 31.1 Å². The van der Waals surface area contributed by atoms with Crippen molar-refractivity contribution in [3.8, 4) is 5.75 Å². The van der Waals surface area contributed by atoms with Gasteiger partial charge in [-0.3, -0.25) is 4.79 Å². The number of nitrogens with zero attached hydrogens (tertiary/aromatic N) is 2. The standard InChI is InChI=1S/C19H31N3O4S/c1-15-8-12-22(13-9-15)27(24,25)16-6-7-18(26-4)17(14-16)19(23)20-10-5-11-21(2)3/h6-7,14-15H,5,8-13H2,1-4H3,(H,20,23). The summed E-state index contributed by atoms with van der Waals surface area (Å²) in [4.78, 5) is 14.7. The van der Waals surface area contributed by atoms with E-state index in [1.807, 2.05) is 19.0 Å². The number of amides is 1. The monoisotopic (exact) mass is 397 g/mol. The minimum Gasteiger partial charge on any atom is -0.496 e. The minimum atomic E-state index is -3.61. The smallest absolute Gasteiger partial charge is 0.255 e. The van der Waals surface area contributed by atoms with E-state index in [4.69, 9.17) is 4.74 Å². The summed E-state index contributed by atoms with van der Waals surface area (Å²) in [7, 11) is 1.80. The minimum absolute atomic E-state index is 0.135. The molecule has 1 aliphatic heterocycles. The Labute approximate surface area is 162 Å². The molecule has 1 N–H and O–H groups in total. The third-order valence-corrected chi connectivity index (χ3v) is 6.76. The van der Waals surface area contributed by atoms with Crippen molar-refractivity contribution >= 4 is 15.9 Å². The topological polar surface area (TPSA) is 79.0 Å². The normalized spacial score (nSPS) is 16.5.